The van der Waals surface area contributed by atoms with Crippen molar-refractivity contribution in [3.05, 3.63) is 49.0 Å². The number of aromatic nitrogens is 2. The third-order valence-corrected chi connectivity index (χ3v) is 3.96. The molecule has 0 radical (unpaired) electrons. The molecule has 1 heterocycles. The number of non-ortho nitro benzene ring substituents is 2. The van der Waals surface area contributed by atoms with Gasteiger partial charge in [0.1, 0.15) is 5.01 Å². The van der Waals surface area contributed by atoms with Crippen LogP contribution in [0.2, 0.25) is 0 Å². The van der Waals surface area contributed by atoms with Crippen molar-refractivity contribution in [1.82, 2.24) is 10.2 Å². The number of nitrogens with zero attached hydrogens (tertiary/aromatic N) is 4. The van der Waals surface area contributed by atoms with Crippen molar-refractivity contribution in [3.8, 4) is 0 Å². The van der Waals surface area contributed by atoms with Gasteiger partial charge in [-0.25, -0.2) is 0 Å². The van der Waals surface area contributed by atoms with Gasteiger partial charge in [-0.1, -0.05) is 11.3 Å². The van der Waals surface area contributed by atoms with Crippen molar-refractivity contribution in [3.63, 3.8) is 0 Å². The number of nitro groups is 2. The molecule has 0 unspecified atom stereocenters. The molecule has 0 atom stereocenters. The van der Waals surface area contributed by atoms with Gasteiger partial charge in [-0.2, -0.15) is 0 Å². The molecule has 12 heteroatoms. The number of carbonyl (C=O) groups is 1. The van der Waals surface area contributed by atoms with E-state index in [1.54, 1.807) is 0 Å². The van der Waals surface area contributed by atoms with Crippen molar-refractivity contribution in [2.75, 3.05) is 11.2 Å². The number of benzene rings is 1. The van der Waals surface area contributed by atoms with Crippen LogP contribution in [0.15, 0.2) is 18.2 Å². The fraction of sp³-hybridized carbons (Fsp3) is 0.250. The first kappa shape index (κ1) is 17.7. The first-order valence-electron chi connectivity index (χ1n) is 6.54. The molecule has 0 spiro atoms. The molecule has 1 aromatic heterocycles. The maximum Gasteiger partial charge on any atom is 0.277 e. The van der Waals surface area contributed by atoms with E-state index >= 15 is 0 Å². The van der Waals surface area contributed by atoms with Crippen molar-refractivity contribution in [2.45, 2.75) is 12.8 Å². The average Bonchev–Trinajstić information content (AvgIpc) is 2.99. The van der Waals surface area contributed by atoms with Crippen LogP contribution in [0.4, 0.5) is 16.5 Å². The first-order valence-corrected chi connectivity index (χ1v) is 7.89. The van der Waals surface area contributed by atoms with Crippen LogP contribution in [-0.2, 0) is 6.42 Å². The maximum absolute atomic E-state index is 12.1. The smallest absolute Gasteiger partial charge is 0.277 e. The number of halogens is 1. The SMILES string of the molecule is O=C(Nc1nnc(CCCCl)s1)c1cc([N+](=O)[O-])cc([N+](=O)[O-])c1. The number of aryl methyl sites for hydroxylation is 1. The predicted molar refractivity (Wildman–Crippen MR) is 86.7 cm³/mol. The van der Waals surface area contributed by atoms with E-state index in [2.05, 4.69) is 15.5 Å². The molecule has 0 aliphatic heterocycles. The van der Waals surface area contributed by atoms with Gasteiger partial charge in [0, 0.05) is 24.4 Å². The summed E-state index contributed by atoms with van der Waals surface area (Å²) in [6.45, 7) is 0. The van der Waals surface area contributed by atoms with Crippen molar-refractivity contribution in [2.24, 2.45) is 0 Å². The second-order valence-corrected chi connectivity index (χ2v) is 5.94. The zero-order valence-electron chi connectivity index (χ0n) is 12.0. The molecule has 1 amide bonds. The van der Waals surface area contributed by atoms with Gasteiger partial charge in [-0.15, -0.1) is 21.8 Å². The van der Waals surface area contributed by atoms with Gasteiger partial charge in [-0.05, 0) is 6.42 Å². The van der Waals surface area contributed by atoms with Crippen LogP contribution in [0.1, 0.15) is 21.8 Å². The summed E-state index contributed by atoms with van der Waals surface area (Å²) in [5.74, 6) is -0.277. The molecule has 2 aromatic rings. The molecule has 0 saturated heterocycles. The van der Waals surface area contributed by atoms with E-state index in [-0.39, 0.29) is 10.7 Å². The summed E-state index contributed by atoms with van der Waals surface area (Å²) in [6.07, 6.45) is 1.32. The fourth-order valence-electron chi connectivity index (χ4n) is 1.73. The monoisotopic (exact) mass is 371 g/mol. The third-order valence-electron chi connectivity index (χ3n) is 2.80. The van der Waals surface area contributed by atoms with E-state index < -0.39 is 27.1 Å². The van der Waals surface area contributed by atoms with Gasteiger partial charge in [0.2, 0.25) is 5.13 Å². The Morgan fingerprint density at radius 2 is 1.79 bits per heavy atom. The highest BCUT2D eigenvalue weighted by Gasteiger charge is 2.20. The molecule has 0 aliphatic rings. The van der Waals surface area contributed by atoms with Crippen LogP contribution in [0.25, 0.3) is 0 Å². The lowest BCUT2D eigenvalue weighted by Gasteiger charge is -2.01. The number of rotatable bonds is 7. The van der Waals surface area contributed by atoms with Crippen molar-refractivity contribution in [1.29, 1.82) is 0 Å². The van der Waals surface area contributed by atoms with Gasteiger partial charge < -0.3 is 0 Å². The van der Waals surface area contributed by atoms with E-state index in [4.69, 9.17) is 11.6 Å². The van der Waals surface area contributed by atoms with Crippen LogP contribution in [0.5, 0.6) is 0 Å². The molecular weight excluding hydrogens is 362 g/mol. The second-order valence-electron chi connectivity index (χ2n) is 4.50. The minimum absolute atomic E-state index is 0.193. The van der Waals surface area contributed by atoms with E-state index in [0.29, 0.717) is 23.7 Å². The Morgan fingerprint density at radius 1 is 1.17 bits per heavy atom. The summed E-state index contributed by atoms with van der Waals surface area (Å²) in [6, 6.07) is 2.70. The van der Waals surface area contributed by atoms with E-state index in [9.17, 15) is 25.0 Å². The van der Waals surface area contributed by atoms with E-state index in [0.717, 1.165) is 29.5 Å². The molecular formula is C12H10ClN5O5S. The number of hydrogen-bond acceptors (Lipinski definition) is 8. The number of alkyl halides is 1. The molecule has 24 heavy (non-hydrogen) atoms. The maximum atomic E-state index is 12.1. The lowest BCUT2D eigenvalue weighted by atomic mass is 10.1. The Hall–Kier alpha value is -2.66. The summed E-state index contributed by atoms with van der Waals surface area (Å²) in [7, 11) is 0. The molecule has 1 N–H and O–H groups in total. The number of nitro benzene ring substituents is 2. The molecule has 1 aromatic carbocycles. The molecule has 0 bridgehead atoms. The highest BCUT2D eigenvalue weighted by molar-refractivity contribution is 7.15. The van der Waals surface area contributed by atoms with Crippen LogP contribution in [0, 0.1) is 20.2 Å². The Morgan fingerprint density at radius 3 is 2.33 bits per heavy atom. The minimum atomic E-state index is -0.807. The number of hydrogen-bond donors (Lipinski definition) is 1. The van der Waals surface area contributed by atoms with Crippen LogP contribution in [0.3, 0.4) is 0 Å². The van der Waals surface area contributed by atoms with Crippen LogP contribution < -0.4 is 5.32 Å². The fourth-order valence-corrected chi connectivity index (χ4v) is 2.64. The lowest BCUT2D eigenvalue weighted by Crippen LogP contribution is -2.12. The Kier molecular flexibility index (Phi) is 5.71. The zero-order valence-corrected chi connectivity index (χ0v) is 13.5. The Bertz CT molecular complexity index is 764. The highest BCUT2D eigenvalue weighted by Crippen LogP contribution is 2.24. The van der Waals surface area contributed by atoms with Crippen LogP contribution >= 0.6 is 22.9 Å². The Balaban J connectivity index is 2.21. The second kappa shape index (κ2) is 7.75. The van der Waals surface area contributed by atoms with Gasteiger partial charge in [-0.3, -0.25) is 30.3 Å². The number of amides is 1. The molecule has 0 aliphatic carbocycles. The first-order chi connectivity index (χ1) is 11.4. The summed E-state index contributed by atoms with van der Waals surface area (Å²) in [5.41, 5.74) is -1.31. The predicted octanol–water partition coefficient (Wildman–Crippen LogP) is 2.78. The summed E-state index contributed by atoms with van der Waals surface area (Å²) >= 11 is 6.72. The van der Waals surface area contributed by atoms with Gasteiger partial charge >= 0.3 is 0 Å². The van der Waals surface area contributed by atoms with Crippen molar-refractivity contribution >= 4 is 45.4 Å². The third kappa shape index (κ3) is 4.43. The number of carbonyl (C=O) groups excluding carboxylic acids is 1. The highest BCUT2D eigenvalue weighted by atomic mass is 35.5. The van der Waals surface area contributed by atoms with Crippen LogP contribution in [-0.4, -0.2) is 31.8 Å². The largest absolute Gasteiger partial charge is 0.296 e. The normalized spacial score (nSPS) is 10.4. The van der Waals surface area contributed by atoms with Crippen molar-refractivity contribution < 1.29 is 14.6 Å². The van der Waals surface area contributed by atoms with Gasteiger partial charge in [0.05, 0.1) is 21.5 Å². The van der Waals surface area contributed by atoms with E-state index in [1.165, 1.54) is 0 Å². The van der Waals surface area contributed by atoms with Gasteiger partial charge in [0.25, 0.3) is 17.3 Å². The minimum Gasteiger partial charge on any atom is -0.296 e. The lowest BCUT2D eigenvalue weighted by molar-refractivity contribution is -0.394. The quantitative estimate of drug-likeness (QED) is 0.448. The molecule has 10 nitrogen and oxygen atoms in total. The topological polar surface area (TPSA) is 141 Å². The molecule has 126 valence electrons. The summed E-state index contributed by atoms with van der Waals surface area (Å²) < 4.78 is 0. The molecule has 0 fully saturated rings. The molecule has 0 saturated carbocycles. The number of anilines is 1. The Labute approximate surface area is 143 Å². The summed E-state index contributed by atoms with van der Waals surface area (Å²) in [5, 5.41) is 32.6. The average molecular weight is 372 g/mol. The molecule has 2 rings (SSSR count). The van der Waals surface area contributed by atoms with Gasteiger partial charge in [0.15, 0.2) is 0 Å². The van der Waals surface area contributed by atoms with E-state index in [1.807, 2.05) is 0 Å². The standard InChI is InChI=1S/C12H10ClN5O5S/c13-3-1-2-10-15-16-12(24-10)14-11(19)7-4-8(17(20)21)6-9(5-7)18(22)23/h4-6H,1-3H2,(H,14,16,19). The zero-order chi connectivity index (χ0) is 17.7. The number of nitrogens with one attached hydrogen (secondary N) is 1. The summed E-state index contributed by atoms with van der Waals surface area (Å²) in [4.78, 5) is 32.2.